The van der Waals surface area contributed by atoms with Gasteiger partial charge in [-0.15, -0.1) is 0 Å². The van der Waals surface area contributed by atoms with E-state index in [0.717, 1.165) is 0 Å². The van der Waals surface area contributed by atoms with Crippen LogP contribution in [0.4, 0.5) is 5.69 Å². The van der Waals surface area contributed by atoms with Crippen molar-refractivity contribution in [2.75, 3.05) is 0 Å². The van der Waals surface area contributed by atoms with Crippen molar-refractivity contribution in [1.82, 2.24) is 4.90 Å². The van der Waals surface area contributed by atoms with E-state index in [4.69, 9.17) is 10.5 Å². The number of ether oxygens (including phenoxy) is 1. The number of nitro benzene ring substituents is 1. The molecule has 0 fully saturated rings. The van der Waals surface area contributed by atoms with Crippen LogP contribution in [0.5, 0.6) is 5.75 Å². The minimum absolute atomic E-state index is 0.0348. The zero-order valence-corrected chi connectivity index (χ0v) is 18.5. The van der Waals surface area contributed by atoms with Crippen LogP contribution >= 0.6 is 0 Å². The molecule has 3 N–H and O–H groups in total. The minimum Gasteiger partial charge on any atom is -0.502 e. The summed E-state index contributed by atoms with van der Waals surface area (Å²) in [6.07, 6.45) is -0.0363. The van der Waals surface area contributed by atoms with Crippen LogP contribution in [0.15, 0.2) is 36.4 Å². The molecule has 1 aliphatic heterocycles. The zero-order valence-electron chi connectivity index (χ0n) is 18.5. The van der Waals surface area contributed by atoms with Crippen LogP contribution in [0, 0.1) is 10.1 Å². The number of rotatable bonds is 7. The largest absolute Gasteiger partial charge is 0.502 e. The van der Waals surface area contributed by atoms with E-state index in [-0.39, 0.29) is 25.3 Å². The number of nitro groups is 1. The van der Waals surface area contributed by atoms with Crippen molar-refractivity contribution >= 4 is 23.5 Å². The van der Waals surface area contributed by atoms with Crippen LogP contribution < -0.4 is 5.73 Å². The second-order valence-corrected chi connectivity index (χ2v) is 8.81. The minimum atomic E-state index is -0.982. The summed E-state index contributed by atoms with van der Waals surface area (Å²) in [5, 5.41) is 20.8. The van der Waals surface area contributed by atoms with E-state index in [1.54, 1.807) is 39.0 Å². The maximum absolute atomic E-state index is 12.9. The number of phenolic OH excluding ortho intramolecular Hbond substituents is 1. The first kappa shape index (κ1) is 23.7. The molecular formula is C23H25N3O7. The molecule has 33 heavy (non-hydrogen) atoms. The summed E-state index contributed by atoms with van der Waals surface area (Å²) in [5.74, 6) is -2.05. The van der Waals surface area contributed by atoms with Gasteiger partial charge in [-0.1, -0.05) is 6.07 Å². The van der Waals surface area contributed by atoms with Gasteiger partial charge in [-0.25, -0.2) is 0 Å². The highest BCUT2D eigenvalue weighted by atomic mass is 16.6. The molecule has 0 spiro atoms. The highest BCUT2D eigenvalue weighted by Gasteiger charge is 2.36. The molecule has 3 rings (SSSR count). The Balaban J connectivity index is 1.80. The molecule has 0 unspecified atom stereocenters. The number of carbonyl (C=O) groups excluding carboxylic acids is 3. The van der Waals surface area contributed by atoms with Crippen molar-refractivity contribution in [3.63, 3.8) is 0 Å². The summed E-state index contributed by atoms with van der Waals surface area (Å²) < 4.78 is 5.26. The molecule has 0 aromatic heterocycles. The summed E-state index contributed by atoms with van der Waals surface area (Å²) in [6, 6.07) is 7.97. The fourth-order valence-electron chi connectivity index (χ4n) is 3.73. The Labute approximate surface area is 190 Å². The number of amides is 2. The lowest BCUT2D eigenvalue weighted by atomic mass is 10.00. The lowest BCUT2D eigenvalue weighted by molar-refractivity contribution is -0.385. The molecule has 0 bridgehead atoms. The van der Waals surface area contributed by atoms with Gasteiger partial charge in [-0.2, -0.15) is 0 Å². The van der Waals surface area contributed by atoms with Crippen LogP contribution in [0.2, 0.25) is 0 Å². The van der Waals surface area contributed by atoms with Crippen LogP contribution in [-0.4, -0.2) is 44.4 Å². The molecule has 1 aliphatic rings. The highest BCUT2D eigenvalue weighted by Crippen LogP contribution is 2.34. The molecular weight excluding hydrogens is 430 g/mol. The lowest BCUT2D eigenvalue weighted by Crippen LogP contribution is -2.45. The number of aromatic hydroxyl groups is 1. The van der Waals surface area contributed by atoms with Crippen molar-refractivity contribution in [1.29, 1.82) is 0 Å². The number of carbonyl (C=O) groups is 3. The predicted molar refractivity (Wildman–Crippen MR) is 118 cm³/mol. The number of hydrogen-bond donors (Lipinski definition) is 2. The molecule has 1 atom stereocenters. The third kappa shape index (κ3) is 5.28. The average molecular weight is 455 g/mol. The van der Waals surface area contributed by atoms with Gasteiger partial charge >= 0.3 is 11.7 Å². The van der Waals surface area contributed by atoms with E-state index in [0.29, 0.717) is 22.3 Å². The van der Waals surface area contributed by atoms with Crippen LogP contribution in [0.3, 0.4) is 0 Å². The first-order chi connectivity index (χ1) is 15.4. The number of primary amides is 1. The summed E-state index contributed by atoms with van der Waals surface area (Å²) in [7, 11) is 0. The van der Waals surface area contributed by atoms with E-state index >= 15 is 0 Å². The summed E-state index contributed by atoms with van der Waals surface area (Å²) in [4.78, 5) is 48.6. The maximum atomic E-state index is 12.9. The molecule has 1 heterocycles. The third-order valence-corrected chi connectivity index (χ3v) is 5.19. The quantitative estimate of drug-likeness (QED) is 0.370. The van der Waals surface area contributed by atoms with Gasteiger partial charge in [0.05, 0.1) is 4.92 Å². The number of benzene rings is 2. The Kier molecular flexibility index (Phi) is 6.39. The number of fused-ring (bicyclic) bond motifs is 1. The van der Waals surface area contributed by atoms with Crippen molar-refractivity contribution in [2.24, 2.45) is 5.73 Å². The predicted octanol–water partition coefficient (Wildman–Crippen LogP) is 2.90. The molecule has 10 heteroatoms. The molecule has 2 aromatic rings. The Morgan fingerprint density at radius 2 is 1.85 bits per heavy atom. The number of phenols is 1. The second kappa shape index (κ2) is 8.89. The molecule has 0 saturated heterocycles. The maximum Gasteiger partial charge on any atom is 0.310 e. The van der Waals surface area contributed by atoms with Crippen molar-refractivity contribution < 1.29 is 29.2 Å². The second-order valence-electron chi connectivity index (χ2n) is 8.81. The molecule has 0 saturated carbocycles. The lowest BCUT2D eigenvalue weighted by Gasteiger charge is -2.25. The Morgan fingerprint density at radius 1 is 1.21 bits per heavy atom. The monoisotopic (exact) mass is 455 g/mol. The summed E-state index contributed by atoms with van der Waals surface area (Å²) in [5.41, 5.74) is 6.67. The number of nitrogens with two attached hydrogens (primary N) is 1. The molecule has 174 valence electrons. The van der Waals surface area contributed by atoms with Crippen LogP contribution in [0.1, 0.15) is 49.5 Å². The van der Waals surface area contributed by atoms with Crippen molar-refractivity contribution in [3.05, 3.63) is 57.6 Å². The normalized spacial score (nSPS) is 14.0. The Hall–Kier alpha value is -3.95. The SMILES string of the molecule is CC(C)(C)OC(=O)CC[C@@H](C(N)=O)N1Cc2cc(-c3ccc([N+](=O)[O-])c(O)c3)ccc2C1=O. The number of hydrogen-bond acceptors (Lipinski definition) is 7. The van der Waals surface area contributed by atoms with E-state index < -0.39 is 39.9 Å². The number of esters is 1. The molecule has 10 nitrogen and oxygen atoms in total. The van der Waals surface area contributed by atoms with Crippen molar-refractivity contribution in [3.8, 4) is 16.9 Å². The fourth-order valence-corrected chi connectivity index (χ4v) is 3.73. The average Bonchev–Trinajstić information content (AvgIpc) is 3.02. The molecule has 2 aromatic carbocycles. The molecule has 0 radical (unpaired) electrons. The number of nitrogens with zero attached hydrogens (tertiary/aromatic N) is 2. The third-order valence-electron chi connectivity index (χ3n) is 5.19. The topological polar surface area (TPSA) is 153 Å². The van der Waals surface area contributed by atoms with Gasteiger partial charge < -0.3 is 20.5 Å². The van der Waals surface area contributed by atoms with E-state index in [1.165, 1.54) is 23.1 Å². The van der Waals surface area contributed by atoms with Gasteiger partial charge in [-0.3, -0.25) is 24.5 Å². The first-order valence-corrected chi connectivity index (χ1v) is 10.3. The Bertz CT molecular complexity index is 1140. The van der Waals surface area contributed by atoms with Crippen molar-refractivity contribution in [2.45, 2.75) is 51.8 Å². The van der Waals surface area contributed by atoms with Crippen LogP contribution in [-0.2, 0) is 20.9 Å². The smallest absolute Gasteiger partial charge is 0.310 e. The van der Waals surface area contributed by atoms with Gasteiger partial charge in [-0.05, 0) is 68.1 Å². The van der Waals surface area contributed by atoms with Gasteiger partial charge in [0.2, 0.25) is 5.91 Å². The highest BCUT2D eigenvalue weighted by molar-refractivity contribution is 6.01. The standard InChI is InChI=1S/C23H25N3O7/c1-23(2,3)33-20(28)9-8-18(21(24)29)25-12-15-10-13(4-6-16(15)22(25)30)14-5-7-17(26(31)32)19(27)11-14/h4-7,10-11,18,27H,8-9,12H2,1-3H3,(H2,24,29)/t18-/m0/s1. The summed E-state index contributed by atoms with van der Waals surface area (Å²) >= 11 is 0. The molecule has 2 amide bonds. The van der Waals surface area contributed by atoms with E-state index in [9.17, 15) is 29.6 Å². The summed E-state index contributed by atoms with van der Waals surface area (Å²) in [6.45, 7) is 5.32. The van der Waals surface area contributed by atoms with Gasteiger partial charge in [0.25, 0.3) is 5.91 Å². The van der Waals surface area contributed by atoms with Gasteiger partial charge in [0, 0.05) is 24.6 Å². The van der Waals surface area contributed by atoms with Gasteiger partial charge in [0.15, 0.2) is 5.75 Å². The first-order valence-electron chi connectivity index (χ1n) is 10.3. The van der Waals surface area contributed by atoms with Gasteiger partial charge in [0.1, 0.15) is 11.6 Å². The van der Waals surface area contributed by atoms with Crippen LogP contribution in [0.25, 0.3) is 11.1 Å². The Morgan fingerprint density at radius 3 is 2.42 bits per heavy atom. The zero-order chi connectivity index (χ0) is 24.5. The van der Waals surface area contributed by atoms with E-state index in [1.807, 2.05) is 0 Å². The fraction of sp³-hybridized carbons (Fsp3) is 0.348. The molecule has 0 aliphatic carbocycles. The van der Waals surface area contributed by atoms with E-state index in [2.05, 4.69) is 0 Å².